The van der Waals surface area contributed by atoms with Crippen molar-refractivity contribution in [1.82, 2.24) is 10.2 Å². The summed E-state index contributed by atoms with van der Waals surface area (Å²) in [6.07, 6.45) is 0.214. The second-order valence-electron chi connectivity index (χ2n) is 9.87. The molecule has 11 heteroatoms. The van der Waals surface area contributed by atoms with Crippen molar-refractivity contribution in [2.24, 2.45) is 0 Å². The molecule has 0 fully saturated rings. The van der Waals surface area contributed by atoms with Crippen LogP contribution < -0.4 is 9.62 Å². The van der Waals surface area contributed by atoms with Crippen LogP contribution in [0.25, 0.3) is 0 Å². The van der Waals surface area contributed by atoms with Crippen molar-refractivity contribution in [3.05, 3.63) is 128 Å². The van der Waals surface area contributed by atoms with Gasteiger partial charge < -0.3 is 10.2 Å². The third-order valence-electron chi connectivity index (χ3n) is 6.87. The molecule has 43 heavy (non-hydrogen) atoms. The first-order valence-electron chi connectivity index (χ1n) is 13.3. The molecule has 1 atom stereocenters. The fourth-order valence-electron chi connectivity index (χ4n) is 4.54. The number of amides is 2. The van der Waals surface area contributed by atoms with E-state index in [4.69, 9.17) is 23.2 Å². The Hall–Kier alpha value is -3.37. The van der Waals surface area contributed by atoms with Crippen LogP contribution in [0.3, 0.4) is 0 Å². The van der Waals surface area contributed by atoms with Crippen LogP contribution in [0.4, 0.5) is 5.69 Å². The molecule has 0 saturated carbocycles. The first-order chi connectivity index (χ1) is 20.5. The third-order valence-corrected chi connectivity index (χ3v) is 9.98. The molecule has 4 rings (SSSR count). The molecule has 4 aromatic rings. The normalized spacial score (nSPS) is 11.9. The van der Waals surface area contributed by atoms with Gasteiger partial charge >= 0.3 is 0 Å². The number of rotatable bonds is 11. The molecular weight excluding hydrogens is 673 g/mol. The molecule has 0 heterocycles. The summed E-state index contributed by atoms with van der Waals surface area (Å²) < 4.78 is 30.0. The molecular formula is C32H30BrCl2N3O4S. The van der Waals surface area contributed by atoms with Gasteiger partial charge in [0.15, 0.2) is 0 Å². The van der Waals surface area contributed by atoms with E-state index < -0.39 is 28.5 Å². The fourth-order valence-corrected chi connectivity index (χ4v) is 6.68. The molecule has 0 aliphatic heterocycles. The van der Waals surface area contributed by atoms with Crippen LogP contribution in [0.15, 0.2) is 106 Å². The lowest BCUT2D eigenvalue weighted by atomic mass is 10.0. The molecule has 224 valence electrons. The molecule has 0 spiro atoms. The van der Waals surface area contributed by atoms with Gasteiger partial charge in [0.2, 0.25) is 11.8 Å². The third kappa shape index (κ3) is 7.97. The van der Waals surface area contributed by atoms with E-state index in [1.807, 2.05) is 61.5 Å². The van der Waals surface area contributed by atoms with E-state index in [1.165, 1.54) is 36.2 Å². The quantitative estimate of drug-likeness (QED) is 0.190. The summed E-state index contributed by atoms with van der Waals surface area (Å²) >= 11 is 16.2. The van der Waals surface area contributed by atoms with E-state index in [0.29, 0.717) is 0 Å². The van der Waals surface area contributed by atoms with Crippen molar-refractivity contribution in [2.45, 2.75) is 30.8 Å². The number of anilines is 1. The molecule has 1 N–H and O–H groups in total. The SMILES string of the molecule is CNC(=O)C(Cc1ccccc1)N(Cc1ccc(Br)cc1)C(=O)CN(c1cccc(Cl)c1Cl)S(=O)(=O)c1ccc(C)cc1. The molecule has 0 aliphatic carbocycles. The number of aryl methyl sites for hydroxylation is 1. The first-order valence-corrected chi connectivity index (χ1v) is 16.3. The Balaban J connectivity index is 1.81. The van der Waals surface area contributed by atoms with Crippen molar-refractivity contribution < 1.29 is 18.0 Å². The van der Waals surface area contributed by atoms with Crippen LogP contribution in [-0.4, -0.2) is 44.8 Å². The molecule has 0 aliphatic rings. The minimum Gasteiger partial charge on any atom is -0.357 e. The van der Waals surface area contributed by atoms with Crippen LogP contribution in [0.5, 0.6) is 0 Å². The van der Waals surface area contributed by atoms with Gasteiger partial charge in [-0.1, -0.05) is 105 Å². The number of nitrogens with one attached hydrogen (secondary N) is 1. The summed E-state index contributed by atoms with van der Waals surface area (Å²) in [5.41, 5.74) is 2.52. The van der Waals surface area contributed by atoms with Gasteiger partial charge in [-0.3, -0.25) is 13.9 Å². The standard InChI is InChI=1S/C32H30BrCl2N3O4S/c1-22-11-17-26(18-12-22)43(41,42)38(28-10-6-9-27(34)31(28)35)21-30(39)37(20-24-13-15-25(33)16-14-24)29(32(40)36-2)19-23-7-4-3-5-8-23/h3-18,29H,19-21H2,1-2H3,(H,36,40). The number of hydrogen-bond acceptors (Lipinski definition) is 4. The average Bonchev–Trinajstić information content (AvgIpc) is 3.00. The van der Waals surface area contributed by atoms with E-state index in [0.717, 1.165) is 25.5 Å². The van der Waals surface area contributed by atoms with Gasteiger partial charge in [0.25, 0.3) is 10.0 Å². The van der Waals surface area contributed by atoms with Crippen LogP contribution in [0.1, 0.15) is 16.7 Å². The van der Waals surface area contributed by atoms with Gasteiger partial charge in [0, 0.05) is 24.5 Å². The predicted octanol–water partition coefficient (Wildman–Crippen LogP) is 6.65. The zero-order chi connectivity index (χ0) is 31.1. The Labute approximate surface area is 270 Å². The molecule has 4 aromatic carbocycles. The number of halogens is 3. The summed E-state index contributed by atoms with van der Waals surface area (Å²) in [7, 11) is -2.79. The number of carbonyl (C=O) groups is 2. The Bertz CT molecular complexity index is 1690. The maximum Gasteiger partial charge on any atom is 0.264 e. The molecule has 0 aromatic heterocycles. The van der Waals surface area contributed by atoms with E-state index in [1.54, 1.807) is 18.2 Å². The topological polar surface area (TPSA) is 86.8 Å². The lowest BCUT2D eigenvalue weighted by Gasteiger charge is -2.34. The minimum absolute atomic E-state index is 0.0146. The second kappa shape index (κ2) is 14.4. The van der Waals surface area contributed by atoms with Crippen molar-refractivity contribution in [3.8, 4) is 0 Å². The minimum atomic E-state index is -4.29. The number of hydrogen-bond donors (Lipinski definition) is 1. The summed E-state index contributed by atoms with van der Waals surface area (Å²) in [6, 6.07) is 26.6. The molecule has 1 unspecified atom stereocenters. The van der Waals surface area contributed by atoms with Crippen LogP contribution in [0.2, 0.25) is 10.0 Å². The number of likely N-dealkylation sites (N-methyl/N-ethyl adjacent to an activating group) is 1. The van der Waals surface area contributed by atoms with E-state index in [2.05, 4.69) is 21.2 Å². The van der Waals surface area contributed by atoms with Crippen molar-refractivity contribution >= 4 is 66.7 Å². The monoisotopic (exact) mass is 701 g/mol. The summed E-state index contributed by atoms with van der Waals surface area (Å²) in [5.74, 6) is -0.984. The average molecular weight is 703 g/mol. The van der Waals surface area contributed by atoms with Crippen molar-refractivity contribution in [3.63, 3.8) is 0 Å². The second-order valence-corrected chi connectivity index (χ2v) is 13.4. The van der Waals surface area contributed by atoms with Gasteiger partial charge in [0.1, 0.15) is 12.6 Å². The van der Waals surface area contributed by atoms with Gasteiger partial charge in [0.05, 0.1) is 20.6 Å². The largest absolute Gasteiger partial charge is 0.357 e. The van der Waals surface area contributed by atoms with Gasteiger partial charge in [-0.05, 0) is 54.4 Å². The maximum atomic E-state index is 14.3. The molecule has 0 bridgehead atoms. The number of benzene rings is 4. The summed E-state index contributed by atoms with van der Waals surface area (Å²) in [5, 5.41) is 2.79. The Morgan fingerprint density at radius 1 is 0.860 bits per heavy atom. The Morgan fingerprint density at radius 2 is 1.51 bits per heavy atom. The highest BCUT2D eigenvalue weighted by atomic mass is 79.9. The lowest BCUT2D eigenvalue weighted by Crippen LogP contribution is -2.53. The highest BCUT2D eigenvalue weighted by Crippen LogP contribution is 2.35. The Kier molecular flexibility index (Phi) is 10.9. The van der Waals surface area contributed by atoms with Gasteiger partial charge in [-0.15, -0.1) is 0 Å². The van der Waals surface area contributed by atoms with Crippen LogP contribution in [0, 0.1) is 6.92 Å². The van der Waals surface area contributed by atoms with Crippen LogP contribution >= 0.6 is 39.1 Å². The predicted molar refractivity (Wildman–Crippen MR) is 175 cm³/mol. The van der Waals surface area contributed by atoms with Crippen LogP contribution in [-0.2, 0) is 32.6 Å². The fraction of sp³-hybridized carbons (Fsp3) is 0.188. The molecule has 0 radical (unpaired) electrons. The molecule has 2 amide bonds. The first kappa shape index (κ1) is 32.5. The van der Waals surface area contributed by atoms with E-state index in [9.17, 15) is 18.0 Å². The summed E-state index contributed by atoms with van der Waals surface area (Å²) in [4.78, 5) is 29.0. The smallest absolute Gasteiger partial charge is 0.264 e. The van der Waals surface area contributed by atoms with Gasteiger partial charge in [-0.2, -0.15) is 0 Å². The highest BCUT2D eigenvalue weighted by Gasteiger charge is 2.35. The number of carbonyl (C=O) groups excluding carboxylic acids is 2. The molecule has 7 nitrogen and oxygen atoms in total. The van der Waals surface area contributed by atoms with E-state index in [-0.39, 0.29) is 39.5 Å². The van der Waals surface area contributed by atoms with Gasteiger partial charge in [-0.25, -0.2) is 8.42 Å². The van der Waals surface area contributed by atoms with Crippen molar-refractivity contribution in [2.75, 3.05) is 17.9 Å². The number of nitrogens with zero attached hydrogens (tertiary/aromatic N) is 2. The summed E-state index contributed by atoms with van der Waals surface area (Å²) in [6.45, 7) is 1.27. The Morgan fingerprint density at radius 3 is 2.14 bits per heavy atom. The zero-order valence-electron chi connectivity index (χ0n) is 23.5. The van der Waals surface area contributed by atoms with E-state index >= 15 is 0 Å². The highest BCUT2D eigenvalue weighted by molar-refractivity contribution is 9.10. The maximum absolute atomic E-state index is 14.3. The zero-order valence-corrected chi connectivity index (χ0v) is 27.4. The number of sulfonamides is 1. The lowest BCUT2D eigenvalue weighted by molar-refractivity contribution is -0.139. The molecule has 0 saturated heterocycles. The van der Waals surface area contributed by atoms with Crippen molar-refractivity contribution in [1.29, 1.82) is 0 Å².